The molecular weight excluding hydrogens is 276 g/mol. The minimum absolute atomic E-state index is 0.0719. The van der Waals surface area contributed by atoms with E-state index in [1.165, 1.54) is 13.3 Å². The maximum Gasteiger partial charge on any atom is 0.339 e. The number of hydrogen-bond acceptors (Lipinski definition) is 6. The number of fused-ring (bicyclic) bond motifs is 1. The van der Waals surface area contributed by atoms with Crippen LogP contribution in [0.15, 0.2) is 12.4 Å². The Morgan fingerprint density at radius 3 is 2.86 bits per heavy atom. The Morgan fingerprint density at radius 1 is 1.52 bits per heavy atom. The molecule has 2 rings (SSSR count). The molecule has 8 heteroatoms. The van der Waals surface area contributed by atoms with E-state index in [0.717, 1.165) is 0 Å². The lowest BCUT2D eigenvalue weighted by Crippen LogP contribution is -2.33. The van der Waals surface area contributed by atoms with E-state index >= 15 is 0 Å². The first-order valence-electron chi connectivity index (χ1n) is 6.37. The number of carbonyl (C=O) groups is 1. The summed E-state index contributed by atoms with van der Waals surface area (Å²) in [7, 11) is 4.95. The van der Waals surface area contributed by atoms with Crippen molar-refractivity contribution in [3.8, 4) is 0 Å². The van der Waals surface area contributed by atoms with Gasteiger partial charge in [0.05, 0.1) is 30.0 Å². The van der Waals surface area contributed by atoms with E-state index in [1.807, 2.05) is 0 Å². The molecule has 114 valence electrons. The molecule has 21 heavy (non-hydrogen) atoms. The molecule has 0 aliphatic rings. The molecule has 2 aromatic heterocycles. The number of pyridine rings is 1. The molecule has 2 N–H and O–H groups in total. The second-order valence-electron chi connectivity index (χ2n) is 4.82. The fourth-order valence-electron chi connectivity index (χ4n) is 2.30. The lowest BCUT2D eigenvalue weighted by molar-refractivity contribution is 0.0681. The van der Waals surface area contributed by atoms with Gasteiger partial charge in [-0.3, -0.25) is 4.68 Å². The third kappa shape index (κ3) is 2.96. The highest BCUT2D eigenvalue weighted by Crippen LogP contribution is 2.28. The quantitative estimate of drug-likeness (QED) is 0.779. The van der Waals surface area contributed by atoms with Crippen molar-refractivity contribution in [1.82, 2.24) is 14.8 Å². The van der Waals surface area contributed by atoms with Crippen molar-refractivity contribution in [2.24, 2.45) is 7.05 Å². The first kappa shape index (κ1) is 15.2. The predicted molar refractivity (Wildman–Crippen MR) is 76.6 cm³/mol. The van der Waals surface area contributed by atoms with Gasteiger partial charge in [0.1, 0.15) is 5.56 Å². The third-order valence-corrected chi connectivity index (χ3v) is 3.19. The van der Waals surface area contributed by atoms with Crippen LogP contribution in [-0.2, 0) is 11.8 Å². The summed E-state index contributed by atoms with van der Waals surface area (Å²) in [5, 5.41) is 23.9. The zero-order chi connectivity index (χ0) is 15.6. The molecule has 0 saturated carbocycles. The van der Waals surface area contributed by atoms with E-state index in [1.54, 1.807) is 29.9 Å². The Labute approximate surface area is 121 Å². The van der Waals surface area contributed by atoms with Crippen LogP contribution in [0.25, 0.3) is 11.0 Å². The maximum absolute atomic E-state index is 11.4. The number of hydrogen-bond donors (Lipinski definition) is 2. The SMILES string of the molecule is COCC(O)CN(C)c1c(C(=O)O)cnc2c1cnn2C. The zero-order valence-corrected chi connectivity index (χ0v) is 12.1. The number of aliphatic hydroxyl groups excluding tert-OH is 1. The van der Waals surface area contributed by atoms with Crippen LogP contribution in [0.2, 0.25) is 0 Å². The molecule has 0 spiro atoms. The minimum atomic E-state index is -1.07. The number of anilines is 1. The summed E-state index contributed by atoms with van der Waals surface area (Å²) in [6.45, 7) is 0.413. The summed E-state index contributed by atoms with van der Waals surface area (Å²) < 4.78 is 6.46. The van der Waals surface area contributed by atoms with Crippen molar-refractivity contribution in [2.45, 2.75) is 6.10 Å². The fraction of sp³-hybridized carbons (Fsp3) is 0.462. The van der Waals surface area contributed by atoms with E-state index in [2.05, 4.69) is 10.1 Å². The van der Waals surface area contributed by atoms with Crippen LogP contribution >= 0.6 is 0 Å². The van der Waals surface area contributed by atoms with Gasteiger partial charge in [-0.15, -0.1) is 0 Å². The number of nitrogens with zero attached hydrogens (tertiary/aromatic N) is 4. The first-order valence-corrected chi connectivity index (χ1v) is 6.37. The van der Waals surface area contributed by atoms with Crippen LogP contribution in [-0.4, -0.2) is 64.4 Å². The molecule has 1 atom stereocenters. The number of rotatable bonds is 6. The van der Waals surface area contributed by atoms with Gasteiger partial charge >= 0.3 is 5.97 Å². The van der Waals surface area contributed by atoms with Gasteiger partial charge in [0.25, 0.3) is 0 Å². The average molecular weight is 294 g/mol. The van der Waals surface area contributed by atoms with E-state index in [-0.39, 0.29) is 18.7 Å². The summed E-state index contributed by atoms with van der Waals surface area (Å²) >= 11 is 0. The first-order chi connectivity index (χ1) is 9.95. The number of ether oxygens (including phenoxy) is 1. The van der Waals surface area contributed by atoms with E-state index in [0.29, 0.717) is 16.7 Å². The van der Waals surface area contributed by atoms with Crippen molar-refractivity contribution >= 4 is 22.7 Å². The highest BCUT2D eigenvalue weighted by atomic mass is 16.5. The highest BCUT2D eigenvalue weighted by Gasteiger charge is 2.21. The molecule has 0 fully saturated rings. The lowest BCUT2D eigenvalue weighted by atomic mass is 10.1. The Balaban J connectivity index is 2.48. The smallest absolute Gasteiger partial charge is 0.339 e. The van der Waals surface area contributed by atoms with E-state index < -0.39 is 12.1 Å². The van der Waals surface area contributed by atoms with Crippen LogP contribution < -0.4 is 4.90 Å². The molecule has 0 radical (unpaired) electrons. The minimum Gasteiger partial charge on any atom is -0.478 e. The number of carboxylic acids is 1. The molecule has 2 aromatic rings. The Bertz CT molecular complexity index is 655. The molecule has 0 aromatic carbocycles. The summed E-state index contributed by atoms with van der Waals surface area (Å²) in [6, 6.07) is 0. The molecule has 0 aliphatic carbocycles. The highest BCUT2D eigenvalue weighted by molar-refractivity contribution is 6.03. The Morgan fingerprint density at radius 2 is 2.24 bits per heavy atom. The van der Waals surface area contributed by atoms with Crippen LogP contribution in [0.3, 0.4) is 0 Å². The zero-order valence-electron chi connectivity index (χ0n) is 12.1. The van der Waals surface area contributed by atoms with Gasteiger partial charge < -0.3 is 19.8 Å². The van der Waals surface area contributed by atoms with Gasteiger partial charge in [0.15, 0.2) is 5.65 Å². The number of aromatic carboxylic acids is 1. The number of likely N-dealkylation sites (N-methyl/N-ethyl adjacent to an activating group) is 1. The third-order valence-electron chi connectivity index (χ3n) is 3.19. The average Bonchev–Trinajstić information content (AvgIpc) is 2.79. The molecule has 8 nitrogen and oxygen atoms in total. The van der Waals surface area contributed by atoms with Gasteiger partial charge in [-0.05, 0) is 0 Å². The molecular formula is C13H18N4O4. The standard InChI is InChI=1S/C13H18N4O4/c1-16(6-8(18)7-21-3)11-9-5-15-17(2)12(9)14-4-10(11)13(19)20/h4-5,8,18H,6-7H2,1-3H3,(H,19,20). The summed E-state index contributed by atoms with van der Waals surface area (Å²) in [6.07, 6.45) is 2.16. The maximum atomic E-state index is 11.4. The van der Waals surface area contributed by atoms with Gasteiger partial charge in [-0.1, -0.05) is 0 Å². The van der Waals surface area contributed by atoms with Crippen LogP contribution in [0.4, 0.5) is 5.69 Å². The largest absolute Gasteiger partial charge is 0.478 e. The van der Waals surface area contributed by atoms with Gasteiger partial charge in [-0.25, -0.2) is 9.78 Å². The molecule has 0 amide bonds. The van der Waals surface area contributed by atoms with Crippen molar-refractivity contribution in [1.29, 1.82) is 0 Å². The second kappa shape index (κ2) is 6.06. The van der Waals surface area contributed by atoms with Crippen molar-refractivity contribution < 1.29 is 19.7 Å². The lowest BCUT2D eigenvalue weighted by Gasteiger charge is -2.24. The number of aryl methyl sites for hydroxylation is 1. The number of carboxylic acid groups (broad SMARTS) is 1. The second-order valence-corrected chi connectivity index (χ2v) is 4.82. The molecule has 0 bridgehead atoms. The number of methoxy groups -OCH3 is 1. The van der Waals surface area contributed by atoms with Crippen LogP contribution in [0, 0.1) is 0 Å². The Hall–Kier alpha value is -2.19. The van der Waals surface area contributed by atoms with Crippen molar-refractivity contribution in [3.05, 3.63) is 18.0 Å². The molecule has 2 heterocycles. The topological polar surface area (TPSA) is 101 Å². The monoisotopic (exact) mass is 294 g/mol. The van der Waals surface area contributed by atoms with Crippen LogP contribution in [0.1, 0.15) is 10.4 Å². The van der Waals surface area contributed by atoms with Crippen molar-refractivity contribution in [2.75, 3.05) is 32.2 Å². The molecule has 0 saturated heterocycles. The van der Waals surface area contributed by atoms with Gasteiger partial charge in [-0.2, -0.15) is 5.10 Å². The van der Waals surface area contributed by atoms with Crippen LogP contribution in [0.5, 0.6) is 0 Å². The number of aliphatic hydroxyl groups is 1. The molecule has 0 aliphatic heterocycles. The predicted octanol–water partition coefficient (Wildman–Crippen LogP) is 0.110. The summed E-state index contributed by atoms with van der Waals surface area (Å²) in [4.78, 5) is 17.2. The number of aromatic nitrogens is 3. The van der Waals surface area contributed by atoms with Gasteiger partial charge in [0, 0.05) is 33.9 Å². The van der Waals surface area contributed by atoms with Gasteiger partial charge in [0.2, 0.25) is 0 Å². The summed E-state index contributed by atoms with van der Waals surface area (Å²) in [5.41, 5.74) is 1.14. The normalized spacial score (nSPS) is 12.6. The van der Waals surface area contributed by atoms with E-state index in [9.17, 15) is 15.0 Å². The fourth-order valence-corrected chi connectivity index (χ4v) is 2.30. The van der Waals surface area contributed by atoms with Crippen molar-refractivity contribution in [3.63, 3.8) is 0 Å². The van der Waals surface area contributed by atoms with E-state index in [4.69, 9.17) is 4.74 Å². The summed E-state index contributed by atoms with van der Waals surface area (Å²) in [5.74, 6) is -1.07. The Kier molecular flexibility index (Phi) is 4.39. The molecule has 1 unspecified atom stereocenters.